The van der Waals surface area contributed by atoms with E-state index < -0.39 is 6.04 Å². The van der Waals surface area contributed by atoms with Gasteiger partial charge in [-0.05, 0) is 6.92 Å². The lowest BCUT2D eigenvalue weighted by Gasteiger charge is -2.11. The second kappa shape index (κ2) is 4.61. The molecule has 3 N–H and O–H groups in total. The molecule has 1 aromatic heterocycles. The molecule has 1 unspecified atom stereocenters. The van der Waals surface area contributed by atoms with Crippen LogP contribution in [0.4, 0.5) is 0 Å². The van der Waals surface area contributed by atoms with Crippen molar-refractivity contribution in [2.45, 2.75) is 19.5 Å². The van der Waals surface area contributed by atoms with Crippen molar-refractivity contribution in [2.75, 3.05) is 6.54 Å². The van der Waals surface area contributed by atoms with Gasteiger partial charge in [0.25, 0.3) is 0 Å². The second-order valence-electron chi connectivity index (χ2n) is 2.76. The fraction of sp³-hybridized carbons (Fsp3) is 0.500. The first kappa shape index (κ1) is 9.73. The van der Waals surface area contributed by atoms with Gasteiger partial charge in [0.05, 0.1) is 6.33 Å². The Bertz CT molecular complexity index is 257. The molecule has 0 saturated heterocycles. The van der Waals surface area contributed by atoms with Gasteiger partial charge in [0.2, 0.25) is 5.91 Å². The summed E-state index contributed by atoms with van der Waals surface area (Å²) in [5.74, 6) is -0.129. The van der Waals surface area contributed by atoms with Crippen molar-refractivity contribution in [1.82, 2.24) is 14.9 Å². The molecule has 0 aliphatic carbocycles. The zero-order valence-electron chi connectivity index (χ0n) is 7.60. The Kier molecular flexibility index (Phi) is 3.45. The summed E-state index contributed by atoms with van der Waals surface area (Å²) in [6.07, 6.45) is 5.07. The summed E-state index contributed by atoms with van der Waals surface area (Å²) in [6, 6.07) is -0.505. The number of nitrogens with zero attached hydrogens (tertiary/aromatic N) is 2. The molecule has 0 aliphatic heterocycles. The van der Waals surface area contributed by atoms with Gasteiger partial charge >= 0.3 is 0 Å². The van der Waals surface area contributed by atoms with Crippen LogP contribution in [0.5, 0.6) is 0 Å². The molecule has 1 heterocycles. The Morgan fingerprint density at radius 3 is 3.08 bits per heavy atom. The van der Waals surface area contributed by atoms with E-state index in [0.717, 1.165) is 0 Å². The van der Waals surface area contributed by atoms with Crippen molar-refractivity contribution in [3.05, 3.63) is 18.7 Å². The molecule has 1 aromatic rings. The number of amides is 1. The smallest absolute Gasteiger partial charge is 0.238 e. The van der Waals surface area contributed by atoms with Crippen LogP contribution in [-0.2, 0) is 11.3 Å². The summed E-state index contributed by atoms with van der Waals surface area (Å²) in [6.45, 7) is 2.93. The van der Waals surface area contributed by atoms with E-state index in [1.54, 1.807) is 23.3 Å². The number of nitrogens with one attached hydrogen (secondary N) is 1. The molecular weight excluding hydrogens is 168 g/mol. The average molecular weight is 182 g/mol. The number of carbonyl (C=O) groups excluding carboxylic acids is 1. The molecule has 0 aromatic carbocycles. The molecule has 72 valence electrons. The van der Waals surface area contributed by atoms with Crippen LogP contribution in [0.15, 0.2) is 18.7 Å². The van der Waals surface area contributed by atoms with E-state index in [-0.39, 0.29) is 5.91 Å². The van der Waals surface area contributed by atoms with E-state index in [4.69, 9.17) is 5.73 Å². The van der Waals surface area contributed by atoms with Crippen LogP contribution in [-0.4, -0.2) is 28.0 Å². The van der Waals surface area contributed by atoms with E-state index in [0.29, 0.717) is 13.1 Å². The average Bonchev–Trinajstić information content (AvgIpc) is 2.57. The van der Waals surface area contributed by atoms with E-state index in [9.17, 15) is 4.79 Å². The number of imidazole rings is 1. The predicted octanol–water partition coefficient (Wildman–Crippen LogP) is -0.653. The highest BCUT2D eigenvalue weighted by Crippen LogP contribution is 1.89. The molecule has 0 aliphatic rings. The number of aromatic nitrogens is 2. The van der Waals surface area contributed by atoms with E-state index in [2.05, 4.69) is 10.3 Å². The van der Waals surface area contributed by atoms with Gasteiger partial charge in [-0.1, -0.05) is 0 Å². The highest BCUT2D eigenvalue weighted by molar-refractivity contribution is 5.81. The van der Waals surface area contributed by atoms with Crippen molar-refractivity contribution >= 4 is 5.91 Å². The SMILES string of the molecule is CCNC(=O)C(N)Cn1ccnc1. The first-order chi connectivity index (χ1) is 6.24. The zero-order chi connectivity index (χ0) is 9.68. The van der Waals surface area contributed by atoms with Gasteiger partial charge in [0.15, 0.2) is 0 Å². The molecule has 0 saturated carbocycles. The maximum Gasteiger partial charge on any atom is 0.238 e. The van der Waals surface area contributed by atoms with E-state index >= 15 is 0 Å². The second-order valence-corrected chi connectivity index (χ2v) is 2.76. The molecule has 0 spiro atoms. The number of rotatable bonds is 4. The fourth-order valence-electron chi connectivity index (χ4n) is 1.01. The van der Waals surface area contributed by atoms with E-state index in [1.165, 1.54) is 0 Å². The van der Waals surface area contributed by atoms with Gasteiger partial charge < -0.3 is 15.6 Å². The molecule has 0 bridgehead atoms. The van der Waals surface area contributed by atoms with Crippen molar-refractivity contribution in [3.8, 4) is 0 Å². The van der Waals surface area contributed by atoms with Gasteiger partial charge in [-0.2, -0.15) is 0 Å². The highest BCUT2D eigenvalue weighted by atomic mass is 16.2. The third-order valence-electron chi connectivity index (χ3n) is 1.65. The lowest BCUT2D eigenvalue weighted by Crippen LogP contribution is -2.43. The van der Waals surface area contributed by atoms with Crippen LogP contribution in [0.25, 0.3) is 0 Å². The Labute approximate surface area is 76.9 Å². The van der Waals surface area contributed by atoms with Crippen molar-refractivity contribution in [3.63, 3.8) is 0 Å². The summed E-state index contributed by atoms with van der Waals surface area (Å²) in [5, 5.41) is 2.66. The molecule has 0 radical (unpaired) electrons. The Morgan fingerprint density at radius 2 is 2.54 bits per heavy atom. The summed E-state index contributed by atoms with van der Waals surface area (Å²) < 4.78 is 1.78. The number of likely N-dealkylation sites (N-methyl/N-ethyl adjacent to an activating group) is 1. The summed E-state index contributed by atoms with van der Waals surface area (Å²) in [5.41, 5.74) is 5.63. The molecule has 0 fully saturated rings. The monoisotopic (exact) mass is 182 g/mol. The van der Waals surface area contributed by atoms with Gasteiger partial charge in [-0.25, -0.2) is 4.98 Å². The number of hydrogen-bond donors (Lipinski definition) is 2. The first-order valence-electron chi connectivity index (χ1n) is 4.23. The molecule has 13 heavy (non-hydrogen) atoms. The molecule has 5 nitrogen and oxygen atoms in total. The minimum absolute atomic E-state index is 0.129. The maximum absolute atomic E-state index is 11.2. The summed E-state index contributed by atoms with van der Waals surface area (Å²) >= 11 is 0. The summed E-state index contributed by atoms with van der Waals surface area (Å²) in [7, 11) is 0. The van der Waals surface area contributed by atoms with Crippen LogP contribution in [0, 0.1) is 0 Å². The minimum Gasteiger partial charge on any atom is -0.355 e. The molecule has 1 rings (SSSR count). The lowest BCUT2D eigenvalue weighted by atomic mass is 10.3. The van der Waals surface area contributed by atoms with Crippen LogP contribution in [0.1, 0.15) is 6.92 Å². The van der Waals surface area contributed by atoms with Crippen molar-refractivity contribution in [2.24, 2.45) is 5.73 Å². The fourth-order valence-corrected chi connectivity index (χ4v) is 1.01. The maximum atomic E-state index is 11.2. The lowest BCUT2D eigenvalue weighted by molar-refractivity contribution is -0.122. The third kappa shape index (κ3) is 2.87. The van der Waals surface area contributed by atoms with Crippen LogP contribution in [0.2, 0.25) is 0 Å². The van der Waals surface area contributed by atoms with Crippen LogP contribution in [0.3, 0.4) is 0 Å². The largest absolute Gasteiger partial charge is 0.355 e. The highest BCUT2D eigenvalue weighted by Gasteiger charge is 2.11. The van der Waals surface area contributed by atoms with Crippen LogP contribution < -0.4 is 11.1 Å². The Hall–Kier alpha value is -1.36. The number of carbonyl (C=O) groups is 1. The standard InChI is InChI=1S/C8H14N4O/c1-2-11-8(13)7(9)5-12-4-3-10-6-12/h3-4,6-7H,2,5,9H2,1H3,(H,11,13). The Morgan fingerprint density at radius 1 is 1.77 bits per heavy atom. The quantitative estimate of drug-likeness (QED) is 0.649. The topological polar surface area (TPSA) is 72.9 Å². The molecule has 1 amide bonds. The summed E-state index contributed by atoms with van der Waals surface area (Å²) in [4.78, 5) is 15.1. The predicted molar refractivity (Wildman–Crippen MR) is 48.9 cm³/mol. The van der Waals surface area contributed by atoms with Crippen molar-refractivity contribution in [1.29, 1.82) is 0 Å². The van der Waals surface area contributed by atoms with Gasteiger partial charge in [0.1, 0.15) is 6.04 Å². The first-order valence-corrected chi connectivity index (χ1v) is 4.23. The van der Waals surface area contributed by atoms with Gasteiger partial charge in [-0.3, -0.25) is 4.79 Å². The number of hydrogen-bond acceptors (Lipinski definition) is 3. The van der Waals surface area contributed by atoms with Crippen LogP contribution >= 0.6 is 0 Å². The molecule has 5 heteroatoms. The molecular formula is C8H14N4O. The van der Waals surface area contributed by atoms with Gasteiger partial charge in [-0.15, -0.1) is 0 Å². The Balaban J connectivity index is 2.41. The van der Waals surface area contributed by atoms with Gasteiger partial charge in [0, 0.05) is 25.5 Å². The normalized spacial score (nSPS) is 12.5. The molecule has 1 atom stereocenters. The zero-order valence-corrected chi connectivity index (χ0v) is 7.60. The number of nitrogens with two attached hydrogens (primary N) is 1. The third-order valence-corrected chi connectivity index (χ3v) is 1.65. The van der Waals surface area contributed by atoms with E-state index in [1.807, 2.05) is 6.92 Å². The van der Waals surface area contributed by atoms with Crippen molar-refractivity contribution < 1.29 is 4.79 Å². The minimum atomic E-state index is -0.505.